The number of hydrogen-bond donors (Lipinski definition) is 2. The zero-order chi connectivity index (χ0) is 15.0. The molecule has 1 fully saturated rings. The lowest BCUT2D eigenvalue weighted by molar-refractivity contribution is -0.140. The van der Waals surface area contributed by atoms with Crippen LogP contribution < -0.4 is 0 Å². The molecule has 0 amide bonds. The Morgan fingerprint density at radius 2 is 2.19 bits per heavy atom. The fourth-order valence-electron chi connectivity index (χ4n) is 2.76. The van der Waals surface area contributed by atoms with Crippen LogP contribution in [0, 0.1) is 0 Å². The molecule has 1 aromatic carbocycles. The molecule has 5 nitrogen and oxygen atoms in total. The lowest BCUT2D eigenvalue weighted by atomic mass is 9.95. The van der Waals surface area contributed by atoms with E-state index in [1.807, 2.05) is 4.90 Å². The lowest BCUT2D eigenvalue weighted by Crippen LogP contribution is -2.50. The van der Waals surface area contributed by atoms with Gasteiger partial charge in [-0.25, -0.2) is 0 Å². The Labute approximate surface area is 131 Å². The Bertz CT molecular complexity index is 592. The maximum Gasteiger partial charge on any atom is 0.304 e. The molecule has 7 heteroatoms. The van der Waals surface area contributed by atoms with Crippen LogP contribution >= 0.6 is 23.4 Å². The van der Waals surface area contributed by atoms with Gasteiger partial charge < -0.3 is 15.1 Å². The molecule has 0 saturated carbocycles. The Kier molecular flexibility index (Phi) is 3.86. The van der Waals surface area contributed by atoms with Gasteiger partial charge in [-0.3, -0.25) is 9.79 Å². The molecule has 1 aromatic rings. The van der Waals surface area contributed by atoms with E-state index in [0.29, 0.717) is 17.1 Å². The van der Waals surface area contributed by atoms with E-state index >= 15 is 0 Å². The number of benzene rings is 1. The number of nitrogens with zero attached hydrogens (tertiary/aromatic N) is 2. The van der Waals surface area contributed by atoms with Gasteiger partial charge in [0, 0.05) is 23.7 Å². The predicted octanol–water partition coefficient (Wildman–Crippen LogP) is 2.14. The summed E-state index contributed by atoms with van der Waals surface area (Å²) in [6, 6.07) is 6.90. The maximum absolute atomic E-state index is 11.3. The summed E-state index contributed by atoms with van der Waals surface area (Å²) in [4.78, 5) is 17.4. The van der Waals surface area contributed by atoms with Gasteiger partial charge >= 0.3 is 5.97 Å². The molecule has 2 heterocycles. The highest BCUT2D eigenvalue weighted by Gasteiger charge is 2.53. The molecule has 2 N–H and O–H groups in total. The van der Waals surface area contributed by atoms with Gasteiger partial charge in [-0.1, -0.05) is 35.5 Å². The first-order valence-electron chi connectivity index (χ1n) is 6.71. The van der Waals surface area contributed by atoms with Crippen LogP contribution in [0.4, 0.5) is 0 Å². The minimum Gasteiger partial charge on any atom is -0.481 e. The van der Waals surface area contributed by atoms with Crippen molar-refractivity contribution in [3.8, 4) is 0 Å². The topological polar surface area (TPSA) is 73.1 Å². The number of aliphatic hydroxyl groups is 1. The second-order valence-electron chi connectivity index (χ2n) is 5.11. The summed E-state index contributed by atoms with van der Waals surface area (Å²) >= 11 is 7.24. The summed E-state index contributed by atoms with van der Waals surface area (Å²) in [6.07, 6.45) is 0.721. The summed E-state index contributed by atoms with van der Waals surface area (Å²) in [6.45, 7) is 1.39. The van der Waals surface area contributed by atoms with Gasteiger partial charge in [0.05, 0.1) is 11.7 Å². The molecule has 3 rings (SSSR count). The van der Waals surface area contributed by atoms with Crippen LogP contribution in [0.25, 0.3) is 0 Å². The van der Waals surface area contributed by atoms with Crippen LogP contribution in [0.2, 0.25) is 5.02 Å². The quantitative estimate of drug-likeness (QED) is 0.890. The zero-order valence-corrected chi connectivity index (χ0v) is 12.8. The molecule has 2 aliphatic rings. The van der Waals surface area contributed by atoms with E-state index in [9.17, 15) is 9.90 Å². The molecule has 2 aliphatic heterocycles. The highest BCUT2D eigenvalue weighted by Crippen LogP contribution is 2.47. The molecule has 21 heavy (non-hydrogen) atoms. The van der Waals surface area contributed by atoms with Crippen molar-refractivity contribution in [1.82, 2.24) is 4.90 Å². The Balaban J connectivity index is 2.04. The first-order chi connectivity index (χ1) is 10.0. The maximum atomic E-state index is 11.3. The minimum atomic E-state index is -1.35. The molecule has 1 saturated heterocycles. The number of aliphatic imine (C=N–C) groups is 1. The van der Waals surface area contributed by atoms with Crippen LogP contribution in [-0.4, -0.2) is 44.6 Å². The van der Waals surface area contributed by atoms with Gasteiger partial charge in [-0.2, -0.15) is 0 Å². The number of carboxylic acids is 1. The first kappa shape index (κ1) is 14.7. The highest BCUT2D eigenvalue weighted by atomic mass is 35.5. The van der Waals surface area contributed by atoms with Crippen molar-refractivity contribution < 1.29 is 15.0 Å². The Morgan fingerprint density at radius 1 is 1.48 bits per heavy atom. The monoisotopic (exact) mass is 326 g/mol. The van der Waals surface area contributed by atoms with Crippen LogP contribution in [0.3, 0.4) is 0 Å². The largest absolute Gasteiger partial charge is 0.481 e. The zero-order valence-electron chi connectivity index (χ0n) is 11.2. The van der Waals surface area contributed by atoms with Crippen molar-refractivity contribution >= 4 is 34.5 Å². The van der Waals surface area contributed by atoms with Gasteiger partial charge in [0.25, 0.3) is 0 Å². The molecular weight excluding hydrogens is 312 g/mol. The van der Waals surface area contributed by atoms with E-state index in [4.69, 9.17) is 16.7 Å². The van der Waals surface area contributed by atoms with Gasteiger partial charge in [0.15, 0.2) is 10.9 Å². The minimum absolute atomic E-state index is 0.126. The third kappa shape index (κ3) is 2.52. The number of aliphatic carboxylic acids is 1. The third-order valence-electron chi connectivity index (χ3n) is 3.76. The number of hydrogen-bond acceptors (Lipinski definition) is 5. The molecule has 2 unspecified atom stereocenters. The van der Waals surface area contributed by atoms with Gasteiger partial charge in [-0.05, 0) is 18.6 Å². The van der Waals surface area contributed by atoms with Crippen molar-refractivity contribution in [2.75, 3.05) is 13.1 Å². The average Bonchev–Trinajstić information content (AvgIpc) is 2.73. The third-order valence-corrected chi connectivity index (χ3v) is 5.35. The second kappa shape index (κ2) is 5.51. The Morgan fingerprint density at radius 3 is 2.86 bits per heavy atom. The van der Waals surface area contributed by atoms with Crippen molar-refractivity contribution in [3.63, 3.8) is 0 Å². The molecular formula is C14H15ClN2O3S. The van der Waals surface area contributed by atoms with Crippen molar-refractivity contribution in [3.05, 3.63) is 34.9 Å². The Hall–Kier alpha value is -1.24. The highest BCUT2D eigenvalue weighted by molar-refractivity contribution is 8.14. The number of rotatable bonds is 3. The summed E-state index contributed by atoms with van der Waals surface area (Å²) in [5.74, 6) is -0.930. The van der Waals surface area contributed by atoms with Gasteiger partial charge in [0.1, 0.15) is 0 Å². The summed E-state index contributed by atoms with van der Waals surface area (Å²) in [5.41, 5.74) is -0.704. The first-order valence-corrected chi connectivity index (χ1v) is 7.96. The van der Waals surface area contributed by atoms with E-state index in [-0.39, 0.29) is 6.42 Å². The van der Waals surface area contributed by atoms with Gasteiger partial charge in [0.2, 0.25) is 0 Å². The number of thioether (sulfide) groups is 1. The number of fused-ring (bicyclic) bond motifs is 1. The molecule has 0 aliphatic carbocycles. The van der Waals surface area contributed by atoms with Crippen LogP contribution in [0.5, 0.6) is 0 Å². The smallest absolute Gasteiger partial charge is 0.304 e. The van der Waals surface area contributed by atoms with E-state index < -0.39 is 16.9 Å². The molecule has 0 aromatic heterocycles. The number of amidine groups is 1. The van der Waals surface area contributed by atoms with E-state index in [0.717, 1.165) is 18.1 Å². The number of halogens is 1. The van der Waals surface area contributed by atoms with E-state index in [1.54, 1.807) is 24.3 Å². The van der Waals surface area contributed by atoms with Crippen molar-refractivity contribution in [1.29, 1.82) is 0 Å². The summed E-state index contributed by atoms with van der Waals surface area (Å²) in [7, 11) is 0. The standard InChI is InChI=1S/C14H15ClN2O3S/c15-10-4-2-9(3-5-10)14(20)11(8-12(18)19)21-13-16-6-1-7-17(13)14/h2-5,11,20H,1,6-8H2,(H,18,19). The van der Waals surface area contributed by atoms with Crippen molar-refractivity contribution in [2.45, 2.75) is 23.8 Å². The molecule has 0 bridgehead atoms. The molecule has 0 spiro atoms. The lowest BCUT2D eigenvalue weighted by Gasteiger charge is -2.38. The van der Waals surface area contributed by atoms with Crippen molar-refractivity contribution in [2.24, 2.45) is 4.99 Å². The predicted molar refractivity (Wildman–Crippen MR) is 82.6 cm³/mol. The fraction of sp³-hybridized carbons (Fsp3) is 0.429. The number of carbonyl (C=O) groups is 1. The molecule has 2 atom stereocenters. The normalized spacial score (nSPS) is 28.2. The molecule has 112 valence electrons. The van der Waals surface area contributed by atoms with Crippen LogP contribution in [0.15, 0.2) is 29.3 Å². The molecule has 0 radical (unpaired) electrons. The fourth-order valence-corrected chi connectivity index (χ4v) is 4.32. The van der Waals surface area contributed by atoms with Crippen LogP contribution in [0.1, 0.15) is 18.4 Å². The van der Waals surface area contributed by atoms with Gasteiger partial charge in [-0.15, -0.1) is 0 Å². The van der Waals surface area contributed by atoms with Crippen LogP contribution in [-0.2, 0) is 10.5 Å². The summed E-state index contributed by atoms with van der Waals surface area (Å²) in [5, 5.41) is 21.2. The number of carboxylic acid groups (broad SMARTS) is 1. The average molecular weight is 327 g/mol. The van der Waals surface area contributed by atoms with E-state index in [2.05, 4.69) is 4.99 Å². The SMILES string of the molecule is O=C(O)CC1SC2=NCCCN2C1(O)c1ccc(Cl)cc1. The second-order valence-corrected chi connectivity index (χ2v) is 6.71. The van der Waals surface area contributed by atoms with E-state index in [1.165, 1.54) is 11.8 Å². The summed E-state index contributed by atoms with van der Waals surface area (Å²) < 4.78 is 0.